The lowest BCUT2D eigenvalue weighted by molar-refractivity contribution is 0.463. The fraction of sp³-hybridized carbons (Fsp3) is 0.143. The molecule has 6 aromatic rings. The molecule has 2 heterocycles. The Balaban J connectivity index is 1.14. The van der Waals surface area contributed by atoms with Gasteiger partial charge in [0.1, 0.15) is 23.0 Å². The normalized spacial score (nSPS) is 15.4. The number of benzene rings is 6. The van der Waals surface area contributed by atoms with Gasteiger partial charge >= 0.3 is 0 Å². The van der Waals surface area contributed by atoms with Gasteiger partial charge < -0.3 is 9.47 Å². The van der Waals surface area contributed by atoms with Crippen molar-refractivity contribution in [3.8, 4) is 34.1 Å². The van der Waals surface area contributed by atoms with Crippen molar-refractivity contribution in [2.45, 2.75) is 38.0 Å². The Morgan fingerprint density at radius 2 is 1.13 bits per heavy atom. The molecule has 0 aromatic heterocycles. The zero-order valence-corrected chi connectivity index (χ0v) is 25.4. The van der Waals surface area contributed by atoms with E-state index in [1.165, 1.54) is 61.0 Å². The van der Waals surface area contributed by atoms with Crippen LogP contribution in [0.3, 0.4) is 0 Å². The molecule has 10 rings (SSSR count). The fourth-order valence-electron chi connectivity index (χ4n) is 8.42. The van der Waals surface area contributed by atoms with Gasteiger partial charge in [-0.05, 0) is 98.1 Å². The molecule has 6 aromatic carbocycles. The van der Waals surface area contributed by atoms with E-state index in [-0.39, 0.29) is 18.0 Å². The number of rotatable bonds is 3. The molecule has 0 spiro atoms. The van der Waals surface area contributed by atoms with Crippen molar-refractivity contribution < 1.29 is 9.47 Å². The van der Waals surface area contributed by atoms with Gasteiger partial charge in [-0.3, -0.25) is 0 Å². The maximum Gasteiger partial charge on any atom is 0.260 e. The first kappa shape index (κ1) is 25.3. The molecular weight excluding hydrogens is 547 g/mol. The topological polar surface area (TPSA) is 18.5 Å². The molecule has 45 heavy (non-hydrogen) atoms. The van der Waals surface area contributed by atoms with Crippen LogP contribution < -0.4 is 25.9 Å². The van der Waals surface area contributed by atoms with Crippen LogP contribution >= 0.6 is 0 Å². The number of aryl methyl sites for hydroxylation is 2. The van der Waals surface area contributed by atoms with E-state index in [0.717, 1.165) is 41.3 Å². The van der Waals surface area contributed by atoms with Gasteiger partial charge in [-0.2, -0.15) is 0 Å². The van der Waals surface area contributed by atoms with Crippen molar-refractivity contribution in [1.29, 1.82) is 0 Å². The number of hydrogen-bond acceptors (Lipinski definition) is 2. The molecular formula is C42H31BO2. The average Bonchev–Trinajstić information content (AvgIpc) is 3.27. The van der Waals surface area contributed by atoms with Crippen LogP contribution in [-0.4, -0.2) is 6.71 Å². The third kappa shape index (κ3) is 3.53. The van der Waals surface area contributed by atoms with Gasteiger partial charge in [-0.1, -0.05) is 111 Å². The molecule has 2 nitrogen and oxygen atoms in total. The van der Waals surface area contributed by atoms with E-state index < -0.39 is 0 Å². The third-order valence-corrected chi connectivity index (χ3v) is 10.8. The Morgan fingerprint density at radius 3 is 1.80 bits per heavy atom. The second kappa shape index (κ2) is 9.02. The van der Waals surface area contributed by atoms with Crippen molar-refractivity contribution >= 4 is 23.1 Å². The van der Waals surface area contributed by atoms with Crippen molar-refractivity contribution in [2.24, 2.45) is 0 Å². The highest BCUT2D eigenvalue weighted by molar-refractivity contribution is 6.98. The van der Waals surface area contributed by atoms with Crippen molar-refractivity contribution in [1.82, 2.24) is 0 Å². The molecule has 0 radical (unpaired) electrons. The highest BCUT2D eigenvalue weighted by atomic mass is 16.5. The average molecular weight is 579 g/mol. The standard InChI is InChI=1S/C42H31BO2/c1-42(2)32-20-29(40(25-10-5-3-6-11-25)26-12-7-4-8-13-26)18-19-30(32)31-23-39-35(24-33(31)42)43-34-21-27-16-17-28(27)22-38(34)44-36-14-9-15-37(45-39)41(36)43/h3-15,18-24,40H,16-17H2,1-2H3. The minimum absolute atomic E-state index is 0.0931. The molecule has 0 unspecified atom stereocenters. The molecule has 0 atom stereocenters. The van der Waals surface area contributed by atoms with Crippen LogP contribution in [0.5, 0.6) is 23.0 Å². The van der Waals surface area contributed by atoms with Gasteiger partial charge in [0, 0.05) is 16.8 Å². The van der Waals surface area contributed by atoms with Crippen LogP contribution in [-0.2, 0) is 18.3 Å². The lowest BCUT2D eigenvalue weighted by Crippen LogP contribution is -2.58. The molecule has 2 aliphatic carbocycles. The van der Waals surface area contributed by atoms with Crippen LogP contribution in [0.15, 0.2) is 121 Å². The summed E-state index contributed by atoms with van der Waals surface area (Å²) in [5.41, 5.74) is 15.6. The predicted molar refractivity (Wildman–Crippen MR) is 183 cm³/mol. The molecule has 2 aliphatic heterocycles. The summed E-state index contributed by atoms with van der Waals surface area (Å²) in [4.78, 5) is 0. The Bertz CT molecular complexity index is 2160. The number of hydrogen-bond donors (Lipinski definition) is 0. The summed E-state index contributed by atoms with van der Waals surface area (Å²) < 4.78 is 13.2. The van der Waals surface area contributed by atoms with E-state index in [9.17, 15) is 0 Å². The maximum atomic E-state index is 6.71. The Morgan fingerprint density at radius 1 is 0.533 bits per heavy atom. The summed E-state index contributed by atoms with van der Waals surface area (Å²) in [7, 11) is 0. The largest absolute Gasteiger partial charge is 0.458 e. The molecule has 0 amide bonds. The van der Waals surface area contributed by atoms with Gasteiger partial charge in [0.25, 0.3) is 6.71 Å². The molecule has 0 N–H and O–H groups in total. The molecule has 4 aliphatic rings. The van der Waals surface area contributed by atoms with Gasteiger partial charge in [0.15, 0.2) is 0 Å². The summed E-state index contributed by atoms with van der Waals surface area (Å²) in [6, 6.07) is 44.6. The van der Waals surface area contributed by atoms with Gasteiger partial charge in [-0.15, -0.1) is 0 Å². The Labute approximate surface area is 264 Å². The molecule has 0 saturated carbocycles. The van der Waals surface area contributed by atoms with Crippen molar-refractivity contribution in [3.05, 3.63) is 160 Å². The Hall–Kier alpha value is -5.02. The predicted octanol–water partition coefficient (Wildman–Crippen LogP) is 8.00. The highest BCUT2D eigenvalue weighted by Gasteiger charge is 2.44. The van der Waals surface area contributed by atoms with Crippen molar-refractivity contribution in [2.75, 3.05) is 0 Å². The van der Waals surface area contributed by atoms with Gasteiger partial charge in [0.2, 0.25) is 0 Å². The van der Waals surface area contributed by atoms with Crippen molar-refractivity contribution in [3.63, 3.8) is 0 Å². The maximum absolute atomic E-state index is 6.71. The van der Waals surface area contributed by atoms with Crippen LogP contribution in [0.2, 0.25) is 0 Å². The molecule has 214 valence electrons. The van der Waals surface area contributed by atoms with E-state index in [4.69, 9.17) is 9.47 Å². The van der Waals surface area contributed by atoms with Crippen LogP contribution in [0, 0.1) is 0 Å². The second-order valence-electron chi connectivity index (χ2n) is 13.6. The minimum atomic E-state index is -0.165. The summed E-state index contributed by atoms with van der Waals surface area (Å²) in [5, 5.41) is 0. The first-order chi connectivity index (χ1) is 22.0. The van der Waals surface area contributed by atoms with Crippen LogP contribution in [0.1, 0.15) is 58.7 Å². The third-order valence-electron chi connectivity index (χ3n) is 10.8. The lowest BCUT2D eigenvalue weighted by atomic mass is 9.34. The van der Waals surface area contributed by atoms with Gasteiger partial charge in [0.05, 0.1) is 0 Å². The Kier molecular flexibility index (Phi) is 5.07. The number of fused-ring (bicyclic) bond motifs is 8. The first-order valence-electron chi connectivity index (χ1n) is 16.1. The second-order valence-corrected chi connectivity index (χ2v) is 13.6. The zero-order chi connectivity index (χ0) is 29.9. The van der Waals surface area contributed by atoms with E-state index >= 15 is 0 Å². The van der Waals surface area contributed by atoms with Crippen LogP contribution in [0.25, 0.3) is 11.1 Å². The summed E-state index contributed by atoms with van der Waals surface area (Å²) in [6.07, 6.45) is 2.29. The van der Waals surface area contributed by atoms with E-state index in [1.807, 2.05) is 6.07 Å². The molecule has 0 saturated heterocycles. The van der Waals surface area contributed by atoms with Crippen LogP contribution in [0.4, 0.5) is 0 Å². The van der Waals surface area contributed by atoms with E-state index in [1.54, 1.807) is 0 Å². The highest BCUT2D eigenvalue weighted by Crippen LogP contribution is 2.51. The minimum Gasteiger partial charge on any atom is -0.458 e. The zero-order valence-electron chi connectivity index (χ0n) is 25.4. The fourth-order valence-corrected chi connectivity index (χ4v) is 8.42. The molecule has 0 bridgehead atoms. The lowest BCUT2D eigenvalue weighted by Gasteiger charge is -2.35. The molecule has 0 fully saturated rings. The summed E-state index contributed by atoms with van der Waals surface area (Å²) in [5.74, 6) is 3.93. The molecule has 3 heteroatoms. The first-order valence-corrected chi connectivity index (χ1v) is 16.1. The SMILES string of the molecule is CC1(C)c2cc(C(c3ccccc3)c3ccccc3)ccc2-c2cc3c(cc21)B1c2cc4c(cc2Oc2cccc(c21)O3)CC4. The number of ether oxygens (including phenoxy) is 2. The summed E-state index contributed by atoms with van der Waals surface area (Å²) >= 11 is 0. The van der Waals surface area contributed by atoms with Gasteiger partial charge in [-0.25, -0.2) is 0 Å². The summed E-state index contributed by atoms with van der Waals surface area (Å²) in [6.45, 7) is 4.87. The van der Waals surface area contributed by atoms with E-state index in [0.29, 0.717) is 0 Å². The smallest absolute Gasteiger partial charge is 0.260 e. The quantitative estimate of drug-likeness (QED) is 0.156. The monoisotopic (exact) mass is 578 g/mol. The van der Waals surface area contributed by atoms with E-state index in [2.05, 4.69) is 129 Å².